The van der Waals surface area contributed by atoms with E-state index in [2.05, 4.69) is 4.37 Å². The molecule has 0 radical (unpaired) electrons. The largest absolute Gasteiger partial charge is 0.197 e. The van der Waals surface area contributed by atoms with E-state index in [1.807, 2.05) is 39.0 Å². The molecule has 2 rings (SSSR count). The molecular formula is C10H12ClNS. The summed E-state index contributed by atoms with van der Waals surface area (Å²) < 4.78 is 5.42. The average Bonchev–Trinajstić information content (AvgIpc) is 2.52. The number of fused-ring (bicyclic) bond motifs is 1. The minimum Gasteiger partial charge on any atom is -0.197 e. The quantitative estimate of drug-likeness (QED) is 0.637. The van der Waals surface area contributed by atoms with Crippen molar-refractivity contribution < 1.29 is 0 Å². The van der Waals surface area contributed by atoms with Crippen LogP contribution in [0.25, 0.3) is 10.1 Å². The third-order valence-electron chi connectivity index (χ3n) is 1.61. The molecule has 0 fully saturated rings. The van der Waals surface area contributed by atoms with Crippen LogP contribution in [0.3, 0.4) is 0 Å². The van der Waals surface area contributed by atoms with Crippen LogP contribution < -0.4 is 0 Å². The van der Waals surface area contributed by atoms with Gasteiger partial charge in [-0.2, -0.15) is 4.37 Å². The second-order valence-corrected chi connectivity index (χ2v) is 3.65. The standard InChI is InChI=1S/C8H6ClNS.C2H6/c1-5-7-4-6(9)2-3-8(7)11-10-5;1-2/h2-4H,1H3;1-2H3. The van der Waals surface area contributed by atoms with E-state index in [4.69, 9.17) is 11.6 Å². The van der Waals surface area contributed by atoms with Gasteiger partial charge in [0, 0.05) is 10.4 Å². The first-order valence-corrected chi connectivity index (χ1v) is 5.44. The Kier molecular flexibility index (Phi) is 3.70. The van der Waals surface area contributed by atoms with Gasteiger partial charge in [0.25, 0.3) is 0 Å². The van der Waals surface area contributed by atoms with Crippen LogP contribution in [0.4, 0.5) is 0 Å². The van der Waals surface area contributed by atoms with Gasteiger partial charge >= 0.3 is 0 Å². The van der Waals surface area contributed by atoms with Crippen molar-refractivity contribution in [2.45, 2.75) is 20.8 Å². The Morgan fingerprint density at radius 1 is 1.31 bits per heavy atom. The van der Waals surface area contributed by atoms with Crippen molar-refractivity contribution in [2.75, 3.05) is 0 Å². The second-order valence-electron chi connectivity index (χ2n) is 2.41. The number of hydrogen-bond donors (Lipinski definition) is 0. The van der Waals surface area contributed by atoms with Gasteiger partial charge in [0.2, 0.25) is 0 Å². The molecule has 0 aliphatic carbocycles. The van der Waals surface area contributed by atoms with E-state index in [1.54, 1.807) is 0 Å². The van der Waals surface area contributed by atoms with Crippen LogP contribution in [-0.4, -0.2) is 4.37 Å². The van der Waals surface area contributed by atoms with Crippen LogP contribution in [0.15, 0.2) is 18.2 Å². The number of benzene rings is 1. The first-order valence-electron chi connectivity index (χ1n) is 4.29. The van der Waals surface area contributed by atoms with Gasteiger partial charge in [-0.3, -0.25) is 0 Å². The maximum atomic E-state index is 5.82. The highest BCUT2D eigenvalue weighted by atomic mass is 35.5. The normalized spacial score (nSPS) is 9.54. The molecule has 0 N–H and O–H groups in total. The minimum atomic E-state index is 0.779. The number of aromatic nitrogens is 1. The molecule has 0 unspecified atom stereocenters. The number of aryl methyl sites for hydroxylation is 1. The van der Waals surface area contributed by atoms with Crippen LogP contribution in [-0.2, 0) is 0 Å². The number of hydrogen-bond acceptors (Lipinski definition) is 2. The fourth-order valence-electron chi connectivity index (χ4n) is 1.03. The smallest absolute Gasteiger partial charge is 0.0590 e. The fraction of sp³-hybridized carbons (Fsp3) is 0.300. The summed E-state index contributed by atoms with van der Waals surface area (Å²) in [4.78, 5) is 0. The highest BCUT2D eigenvalue weighted by Gasteiger charge is 2.00. The fourth-order valence-corrected chi connectivity index (χ4v) is 1.97. The van der Waals surface area contributed by atoms with E-state index in [-0.39, 0.29) is 0 Å². The molecule has 70 valence electrons. The molecule has 1 heterocycles. The highest BCUT2D eigenvalue weighted by Crippen LogP contribution is 2.24. The van der Waals surface area contributed by atoms with Gasteiger partial charge in [-0.1, -0.05) is 25.4 Å². The Balaban J connectivity index is 0.000000396. The Hall–Kier alpha value is -0.600. The van der Waals surface area contributed by atoms with Crippen LogP contribution in [0.2, 0.25) is 5.02 Å². The minimum absolute atomic E-state index is 0.779. The Morgan fingerprint density at radius 2 is 2.00 bits per heavy atom. The molecule has 3 heteroatoms. The monoisotopic (exact) mass is 213 g/mol. The van der Waals surface area contributed by atoms with E-state index in [0.717, 1.165) is 10.7 Å². The molecule has 2 aromatic rings. The lowest BCUT2D eigenvalue weighted by atomic mass is 10.2. The lowest BCUT2D eigenvalue weighted by molar-refractivity contribution is 1.37. The molecule has 0 aliphatic rings. The topological polar surface area (TPSA) is 12.9 Å². The summed E-state index contributed by atoms with van der Waals surface area (Å²) in [6, 6.07) is 5.85. The number of nitrogens with zero attached hydrogens (tertiary/aromatic N) is 1. The number of halogens is 1. The molecule has 0 spiro atoms. The van der Waals surface area contributed by atoms with Gasteiger partial charge in [-0.15, -0.1) is 0 Å². The van der Waals surface area contributed by atoms with Gasteiger partial charge in [-0.25, -0.2) is 0 Å². The highest BCUT2D eigenvalue weighted by molar-refractivity contribution is 7.13. The molecule has 13 heavy (non-hydrogen) atoms. The summed E-state index contributed by atoms with van der Waals surface area (Å²) >= 11 is 7.34. The van der Waals surface area contributed by atoms with Crippen LogP contribution in [0, 0.1) is 6.92 Å². The summed E-state index contributed by atoms with van der Waals surface area (Å²) in [6.07, 6.45) is 0. The first kappa shape index (κ1) is 10.5. The van der Waals surface area contributed by atoms with E-state index >= 15 is 0 Å². The van der Waals surface area contributed by atoms with Gasteiger partial charge < -0.3 is 0 Å². The predicted octanol–water partition coefficient (Wildman–Crippen LogP) is 4.28. The van der Waals surface area contributed by atoms with Crippen molar-refractivity contribution in [2.24, 2.45) is 0 Å². The zero-order valence-corrected chi connectivity index (χ0v) is 9.54. The molecule has 0 aliphatic heterocycles. The summed E-state index contributed by atoms with van der Waals surface area (Å²) in [7, 11) is 0. The molecule has 1 nitrogen and oxygen atoms in total. The molecule has 0 saturated heterocycles. The maximum absolute atomic E-state index is 5.82. The van der Waals surface area contributed by atoms with Crippen molar-refractivity contribution in [1.29, 1.82) is 0 Å². The lowest BCUT2D eigenvalue weighted by Gasteiger charge is -1.89. The molecule has 0 saturated carbocycles. The Morgan fingerprint density at radius 3 is 2.69 bits per heavy atom. The van der Waals surface area contributed by atoms with E-state index in [0.29, 0.717) is 0 Å². The van der Waals surface area contributed by atoms with Crippen LogP contribution in [0.1, 0.15) is 19.5 Å². The van der Waals surface area contributed by atoms with Gasteiger partial charge in [0.15, 0.2) is 0 Å². The number of rotatable bonds is 0. The summed E-state index contributed by atoms with van der Waals surface area (Å²) in [5.41, 5.74) is 1.06. The van der Waals surface area contributed by atoms with E-state index < -0.39 is 0 Å². The van der Waals surface area contributed by atoms with Crippen molar-refractivity contribution in [3.8, 4) is 0 Å². The molecule has 0 atom stereocenters. The summed E-state index contributed by atoms with van der Waals surface area (Å²) in [5, 5.41) is 1.95. The van der Waals surface area contributed by atoms with Gasteiger partial charge in [0.05, 0.1) is 10.4 Å². The van der Waals surface area contributed by atoms with Crippen molar-refractivity contribution in [3.05, 3.63) is 28.9 Å². The maximum Gasteiger partial charge on any atom is 0.0590 e. The molecule has 1 aromatic carbocycles. The second kappa shape index (κ2) is 4.58. The Bertz CT molecular complexity index is 395. The van der Waals surface area contributed by atoms with Crippen molar-refractivity contribution in [1.82, 2.24) is 4.37 Å². The van der Waals surface area contributed by atoms with Crippen LogP contribution in [0.5, 0.6) is 0 Å². The molecule has 0 amide bonds. The van der Waals surface area contributed by atoms with Crippen molar-refractivity contribution >= 4 is 33.2 Å². The molecular weight excluding hydrogens is 202 g/mol. The zero-order valence-electron chi connectivity index (χ0n) is 7.97. The average molecular weight is 214 g/mol. The van der Waals surface area contributed by atoms with Gasteiger partial charge in [-0.05, 0) is 36.7 Å². The third kappa shape index (κ3) is 2.20. The summed E-state index contributed by atoms with van der Waals surface area (Å²) in [6.45, 7) is 6.00. The van der Waals surface area contributed by atoms with E-state index in [9.17, 15) is 0 Å². The van der Waals surface area contributed by atoms with Crippen LogP contribution >= 0.6 is 23.1 Å². The summed E-state index contributed by atoms with van der Waals surface area (Å²) in [5.74, 6) is 0. The SMILES string of the molecule is CC.Cc1nsc2ccc(Cl)cc12. The van der Waals surface area contributed by atoms with Gasteiger partial charge in [0.1, 0.15) is 0 Å². The first-order chi connectivity index (χ1) is 6.27. The molecule has 0 bridgehead atoms. The van der Waals surface area contributed by atoms with Crippen molar-refractivity contribution in [3.63, 3.8) is 0 Å². The lowest BCUT2D eigenvalue weighted by Crippen LogP contribution is -1.69. The zero-order chi connectivity index (χ0) is 9.84. The third-order valence-corrected chi connectivity index (χ3v) is 2.77. The predicted molar refractivity (Wildman–Crippen MR) is 60.7 cm³/mol. The van der Waals surface area contributed by atoms with E-state index in [1.165, 1.54) is 21.6 Å². The molecule has 1 aromatic heterocycles. The Labute approximate surface area is 87.5 Å².